The molecule has 3 nitrogen and oxygen atoms in total. The van der Waals surface area contributed by atoms with Gasteiger partial charge in [-0.25, -0.2) is 4.39 Å². The number of amides is 1. The van der Waals surface area contributed by atoms with E-state index >= 15 is 0 Å². The maximum Gasteiger partial charge on any atom is 0.248 e. The van der Waals surface area contributed by atoms with Gasteiger partial charge in [0.2, 0.25) is 5.91 Å². The Labute approximate surface area is 106 Å². The van der Waals surface area contributed by atoms with E-state index in [2.05, 4.69) is 5.32 Å². The van der Waals surface area contributed by atoms with Gasteiger partial charge in [0.25, 0.3) is 0 Å². The topological polar surface area (TPSA) is 38.3 Å². The number of ether oxygens (including phenoxy) is 1. The van der Waals surface area contributed by atoms with Crippen molar-refractivity contribution in [3.8, 4) is 0 Å². The molecule has 1 atom stereocenters. The first-order valence-corrected chi connectivity index (χ1v) is 6.14. The molecule has 0 spiro atoms. The van der Waals surface area contributed by atoms with Crippen LogP contribution in [0, 0.1) is 5.82 Å². The van der Waals surface area contributed by atoms with Gasteiger partial charge in [0.05, 0.1) is 0 Å². The number of methoxy groups -OCH3 is 1. The molecule has 1 aromatic carbocycles. The maximum absolute atomic E-state index is 12.9. The van der Waals surface area contributed by atoms with Crippen molar-refractivity contribution in [2.45, 2.75) is 31.3 Å². The summed E-state index contributed by atoms with van der Waals surface area (Å²) in [5.74, 6) is -0.336. The molecule has 0 radical (unpaired) electrons. The number of benzene rings is 1. The molecule has 1 aliphatic rings. The Kier molecular flexibility index (Phi) is 3.66. The molecule has 1 aromatic rings. The molecule has 98 valence electrons. The maximum atomic E-state index is 12.9. The summed E-state index contributed by atoms with van der Waals surface area (Å²) in [4.78, 5) is 11.6. The smallest absolute Gasteiger partial charge is 0.248 e. The fourth-order valence-corrected chi connectivity index (χ4v) is 2.03. The summed E-state index contributed by atoms with van der Waals surface area (Å²) in [6.45, 7) is 2.30. The number of hydrogen-bond donors (Lipinski definition) is 1. The number of halogens is 1. The number of hydrogen-bond acceptors (Lipinski definition) is 2. The third kappa shape index (κ3) is 2.70. The minimum Gasteiger partial charge on any atom is -0.372 e. The van der Waals surface area contributed by atoms with Crippen LogP contribution in [0.5, 0.6) is 0 Å². The molecule has 1 amide bonds. The van der Waals surface area contributed by atoms with Crippen LogP contribution in [0.25, 0.3) is 0 Å². The summed E-state index contributed by atoms with van der Waals surface area (Å²) in [6.07, 6.45) is 1.62. The molecule has 1 fully saturated rings. The Morgan fingerprint density at radius 2 is 2.06 bits per heavy atom. The fourth-order valence-electron chi connectivity index (χ4n) is 2.03. The van der Waals surface area contributed by atoms with Crippen molar-refractivity contribution < 1.29 is 13.9 Å². The second-order valence-corrected chi connectivity index (χ2v) is 4.88. The van der Waals surface area contributed by atoms with Crippen LogP contribution in [0.2, 0.25) is 0 Å². The van der Waals surface area contributed by atoms with E-state index in [4.69, 9.17) is 4.74 Å². The SMILES string of the molecule is COC(C)C(=O)NCC1(c2ccc(F)cc2)CC1. The van der Waals surface area contributed by atoms with Crippen LogP contribution in [0.15, 0.2) is 24.3 Å². The summed E-state index contributed by atoms with van der Waals surface area (Å²) < 4.78 is 17.8. The lowest BCUT2D eigenvalue weighted by Crippen LogP contribution is -2.38. The monoisotopic (exact) mass is 251 g/mol. The first kappa shape index (κ1) is 13.0. The quantitative estimate of drug-likeness (QED) is 0.869. The molecule has 4 heteroatoms. The third-order valence-electron chi connectivity index (χ3n) is 3.63. The van der Waals surface area contributed by atoms with Crippen molar-refractivity contribution in [1.82, 2.24) is 5.32 Å². The molecule has 1 aliphatic carbocycles. The Morgan fingerprint density at radius 1 is 1.44 bits per heavy atom. The number of rotatable bonds is 5. The summed E-state index contributed by atoms with van der Waals surface area (Å²) >= 11 is 0. The minimum atomic E-state index is -0.436. The zero-order chi connectivity index (χ0) is 13.2. The van der Waals surface area contributed by atoms with E-state index in [-0.39, 0.29) is 17.1 Å². The standard InChI is InChI=1S/C14H18FNO2/c1-10(18-2)13(17)16-9-14(7-8-14)11-3-5-12(15)6-4-11/h3-6,10H,7-9H2,1-2H3,(H,16,17). The van der Waals surface area contributed by atoms with Gasteiger partial charge >= 0.3 is 0 Å². The molecule has 2 rings (SSSR count). The van der Waals surface area contributed by atoms with Crippen molar-refractivity contribution in [3.63, 3.8) is 0 Å². The highest BCUT2D eigenvalue weighted by atomic mass is 19.1. The predicted octanol–water partition coefficient (Wildman–Crippen LogP) is 2.01. The van der Waals surface area contributed by atoms with Crippen LogP contribution >= 0.6 is 0 Å². The van der Waals surface area contributed by atoms with Crippen LogP contribution in [0.3, 0.4) is 0 Å². The van der Waals surface area contributed by atoms with E-state index in [1.807, 2.05) is 0 Å². The van der Waals surface area contributed by atoms with Gasteiger partial charge in [0.15, 0.2) is 0 Å². The zero-order valence-electron chi connectivity index (χ0n) is 10.7. The van der Waals surface area contributed by atoms with Crippen LogP contribution in [0.4, 0.5) is 4.39 Å². The highest BCUT2D eigenvalue weighted by molar-refractivity contribution is 5.80. The van der Waals surface area contributed by atoms with E-state index in [1.54, 1.807) is 19.1 Å². The van der Waals surface area contributed by atoms with Crippen molar-refractivity contribution >= 4 is 5.91 Å². The largest absolute Gasteiger partial charge is 0.372 e. The Balaban J connectivity index is 1.96. The molecule has 18 heavy (non-hydrogen) atoms. The number of carbonyl (C=O) groups is 1. The van der Waals surface area contributed by atoms with Gasteiger partial charge in [-0.05, 0) is 37.5 Å². The van der Waals surface area contributed by atoms with Crippen LogP contribution in [-0.4, -0.2) is 25.7 Å². The first-order valence-electron chi connectivity index (χ1n) is 6.14. The molecule has 1 unspecified atom stereocenters. The Morgan fingerprint density at radius 3 is 2.56 bits per heavy atom. The summed E-state index contributed by atoms with van der Waals surface area (Å²) in [5.41, 5.74) is 1.09. The molecule has 0 heterocycles. The van der Waals surface area contributed by atoms with E-state index in [1.165, 1.54) is 19.2 Å². The minimum absolute atomic E-state index is 0.00315. The second-order valence-electron chi connectivity index (χ2n) is 4.88. The van der Waals surface area contributed by atoms with Gasteiger partial charge in [-0.3, -0.25) is 4.79 Å². The van der Waals surface area contributed by atoms with E-state index in [0.717, 1.165) is 18.4 Å². The van der Waals surface area contributed by atoms with Gasteiger partial charge in [0, 0.05) is 19.1 Å². The Bertz CT molecular complexity index is 426. The predicted molar refractivity (Wildman–Crippen MR) is 66.8 cm³/mol. The van der Waals surface area contributed by atoms with Crippen molar-refractivity contribution in [2.75, 3.05) is 13.7 Å². The lowest BCUT2D eigenvalue weighted by Gasteiger charge is -2.18. The second kappa shape index (κ2) is 5.06. The third-order valence-corrected chi connectivity index (χ3v) is 3.63. The van der Waals surface area contributed by atoms with Crippen LogP contribution in [-0.2, 0) is 14.9 Å². The molecule has 0 aliphatic heterocycles. The molecule has 0 aromatic heterocycles. The highest BCUT2D eigenvalue weighted by Gasteiger charge is 2.44. The molecule has 1 saturated carbocycles. The average molecular weight is 251 g/mol. The average Bonchev–Trinajstić information content (AvgIpc) is 3.17. The molecule has 1 N–H and O–H groups in total. The number of carbonyl (C=O) groups excluding carboxylic acids is 1. The molecule has 0 bridgehead atoms. The van der Waals surface area contributed by atoms with E-state index < -0.39 is 6.10 Å². The van der Waals surface area contributed by atoms with Gasteiger partial charge in [-0.1, -0.05) is 12.1 Å². The lowest BCUT2D eigenvalue weighted by atomic mass is 9.96. The zero-order valence-corrected chi connectivity index (χ0v) is 10.7. The molecular formula is C14H18FNO2. The first-order chi connectivity index (χ1) is 8.57. The number of nitrogens with one attached hydrogen (secondary N) is 1. The van der Waals surface area contributed by atoms with Crippen LogP contribution in [0.1, 0.15) is 25.3 Å². The molecule has 0 saturated heterocycles. The van der Waals surface area contributed by atoms with Crippen molar-refractivity contribution in [2.24, 2.45) is 0 Å². The summed E-state index contributed by atoms with van der Waals surface area (Å²) in [6, 6.07) is 6.53. The molecular weight excluding hydrogens is 233 g/mol. The van der Waals surface area contributed by atoms with Gasteiger partial charge < -0.3 is 10.1 Å². The fraction of sp³-hybridized carbons (Fsp3) is 0.500. The van der Waals surface area contributed by atoms with Crippen LogP contribution < -0.4 is 5.32 Å². The van der Waals surface area contributed by atoms with Gasteiger partial charge in [-0.15, -0.1) is 0 Å². The summed E-state index contributed by atoms with van der Waals surface area (Å²) in [5, 5.41) is 2.89. The van der Waals surface area contributed by atoms with E-state index in [9.17, 15) is 9.18 Å². The van der Waals surface area contributed by atoms with Crippen molar-refractivity contribution in [1.29, 1.82) is 0 Å². The van der Waals surface area contributed by atoms with Gasteiger partial charge in [0.1, 0.15) is 11.9 Å². The van der Waals surface area contributed by atoms with E-state index in [0.29, 0.717) is 6.54 Å². The normalized spacial score (nSPS) is 18.2. The lowest BCUT2D eigenvalue weighted by molar-refractivity contribution is -0.130. The summed E-state index contributed by atoms with van der Waals surface area (Å²) in [7, 11) is 1.51. The Hall–Kier alpha value is -1.42. The highest BCUT2D eigenvalue weighted by Crippen LogP contribution is 2.47. The van der Waals surface area contributed by atoms with Gasteiger partial charge in [-0.2, -0.15) is 0 Å². The van der Waals surface area contributed by atoms with Crippen molar-refractivity contribution in [3.05, 3.63) is 35.6 Å².